The number of nitrogens with zero attached hydrogens (tertiary/aromatic N) is 2. The first-order valence-electron chi connectivity index (χ1n) is 5.74. The van der Waals surface area contributed by atoms with E-state index in [4.69, 9.17) is 10.3 Å². The second kappa shape index (κ2) is 5.22. The Labute approximate surface area is 116 Å². The van der Waals surface area contributed by atoms with E-state index >= 15 is 0 Å². The number of aryl methyl sites for hydroxylation is 1. The van der Waals surface area contributed by atoms with E-state index in [-0.39, 0.29) is 17.1 Å². The highest BCUT2D eigenvalue weighted by Gasteiger charge is 2.24. The smallest absolute Gasteiger partial charge is 0.245 e. The fraction of sp³-hybridized carbons (Fsp3) is 0.250. The molecular formula is C12H14FN3O3S. The van der Waals surface area contributed by atoms with Crippen LogP contribution in [0.4, 0.5) is 10.1 Å². The van der Waals surface area contributed by atoms with Crippen molar-refractivity contribution in [3.05, 3.63) is 41.5 Å². The standard InChI is InChI=1S/C12H14FN3O3S/c1-8-5-10(15-19-8)7-16(2)20(17,18)12-6-9(13)3-4-11(12)14/h3-6H,7,14H2,1-2H3. The zero-order chi connectivity index (χ0) is 14.9. The molecule has 0 aliphatic rings. The molecule has 2 aromatic rings. The largest absolute Gasteiger partial charge is 0.398 e. The molecule has 1 aromatic heterocycles. The molecule has 0 fully saturated rings. The number of hydrogen-bond donors (Lipinski definition) is 1. The van der Waals surface area contributed by atoms with Crippen LogP contribution in [0.5, 0.6) is 0 Å². The van der Waals surface area contributed by atoms with E-state index in [0.29, 0.717) is 11.5 Å². The molecule has 0 amide bonds. The van der Waals surface area contributed by atoms with Crippen molar-refractivity contribution >= 4 is 15.7 Å². The SMILES string of the molecule is Cc1cc(CN(C)S(=O)(=O)c2cc(F)ccc2N)no1. The minimum atomic E-state index is -3.89. The van der Waals surface area contributed by atoms with Crippen LogP contribution in [0.25, 0.3) is 0 Å². The summed E-state index contributed by atoms with van der Waals surface area (Å²) < 4.78 is 43.8. The van der Waals surface area contributed by atoms with Gasteiger partial charge in [-0.15, -0.1) is 0 Å². The van der Waals surface area contributed by atoms with Gasteiger partial charge in [-0.3, -0.25) is 0 Å². The van der Waals surface area contributed by atoms with E-state index in [1.54, 1.807) is 13.0 Å². The number of rotatable bonds is 4. The van der Waals surface area contributed by atoms with Crippen molar-refractivity contribution < 1.29 is 17.3 Å². The number of hydrogen-bond acceptors (Lipinski definition) is 5. The number of nitrogens with two attached hydrogens (primary N) is 1. The van der Waals surface area contributed by atoms with Gasteiger partial charge in [0.15, 0.2) is 0 Å². The average molecular weight is 299 g/mol. The summed E-state index contributed by atoms with van der Waals surface area (Å²) in [6.07, 6.45) is 0. The van der Waals surface area contributed by atoms with Crippen molar-refractivity contribution in [2.24, 2.45) is 0 Å². The van der Waals surface area contributed by atoms with Crippen molar-refractivity contribution in [2.75, 3.05) is 12.8 Å². The van der Waals surface area contributed by atoms with Crippen LogP contribution in [0, 0.1) is 12.7 Å². The van der Waals surface area contributed by atoms with Crippen molar-refractivity contribution in [1.82, 2.24) is 9.46 Å². The van der Waals surface area contributed by atoms with Crippen LogP contribution in [-0.4, -0.2) is 24.9 Å². The van der Waals surface area contributed by atoms with E-state index < -0.39 is 15.8 Å². The number of anilines is 1. The van der Waals surface area contributed by atoms with Gasteiger partial charge >= 0.3 is 0 Å². The van der Waals surface area contributed by atoms with Gasteiger partial charge in [0, 0.05) is 13.1 Å². The molecule has 1 aromatic carbocycles. The molecule has 0 aliphatic carbocycles. The first-order valence-corrected chi connectivity index (χ1v) is 7.18. The molecule has 0 atom stereocenters. The number of halogens is 1. The minimum Gasteiger partial charge on any atom is -0.398 e. The first-order chi connectivity index (χ1) is 9.30. The van der Waals surface area contributed by atoms with Gasteiger partial charge in [-0.05, 0) is 25.1 Å². The molecule has 20 heavy (non-hydrogen) atoms. The maximum atomic E-state index is 13.2. The molecular weight excluding hydrogens is 285 g/mol. The number of aromatic nitrogens is 1. The zero-order valence-electron chi connectivity index (χ0n) is 11.0. The summed E-state index contributed by atoms with van der Waals surface area (Å²) >= 11 is 0. The van der Waals surface area contributed by atoms with Crippen LogP contribution < -0.4 is 5.73 Å². The highest BCUT2D eigenvalue weighted by molar-refractivity contribution is 7.89. The lowest BCUT2D eigenvalue weighted by Crippen LogP contribution is -2.27. The molecule has 6 nitrogen and oxygen atoms in total. The second-order valence-electron chi connectivity index (χ2n) is 4.37. The Bertz CT molecular complexity index is 727. The predicted octanol–water partition coefficient (Wildman–Crippen LogP) is 1.53. The highest BCUT2D eigenvalue weighted by Crippen LogP contribution is 2.23. The third-order valence-electron chi connectivity index (χ3n) is 2.73. The van der Waals surface area contributed by atoms with Crippen molar-refractivity contribution in [3.8, 4) is 0 Å². The number of benzene rings is 1. The molecule has 0 spiro atoms. The van der Waals surface area contributed by atoms with Crippen LogP contribution in [-0.2, 0) is 16.6 Å². The minimum absolute atomic E-state index is 0.00502. The van der Waals surface area contributed by atoms with Crippen molar-refractivity contribution in [1.29, 1.82) is 0 Å². The van der Waals surface area contributed by atoms with Crippen LogP contribution in [0.2, 0.25) is 0 Å². The topological polar surface area (TPSA) is 89.4 Å². The van der Waals surface area contributed by atoms with Gasteiger partial charge in [-0.2, -0.15) is 4.31 Å². The summed E-state index contributed by atoms with van der Waals surface area (Å²) in [6, 6.07) is 4.85. The van der Waals surface area contributed by atoms with Crippen LogP contribution in [0.15, 0.2) is 33.7 Å². The summed E-state index contributed by atoms with van der Waals surface area (Å²) in [5.41, 5.74) is 6.06. The van der Waals surface area contributed by atoms with Crippen LogP contribution in [0.1, 0.15) is 11.5 Å². The van der Waals surface area contributed by atoms with Crippen LogP contribution in [0.3, 0.4) is 0 Å². The van der Waals surface area contributed by atoms with Gasteiger partial charge in [-0.25, -0.2) is 12.8 Å². The summed E-state index contributed by atoms with van der Waals surface area (Å²) in [4.78, 5) is -0.264. The molecule has 0 bridgehead atoms. The van der Waals surface area contributed by atoms with E-state index in [0.717, 1.165) is 16.4 Å². The molecule has 0 aliphatic heterocycles. The normalized spacial score (nSPS) is 12.0. The van der Waals surface area contributed by atoms with E-state index in [2.05, 4.69) is 5.16 Å². The lowest BCUT2D eigenvalue weighted by Gasteiger charge is -2.17. The lowest BCUT2D eigenvalue weighted by atomic mass is 10.3. The number of sulfonamides is 1. The van der Waals surface area contributed by atoms with Gasteiger partial charge < -0.3 is 10.3 Å². The molecule has 0 saturated heterocycles. The number of nitrogen functional groups attached to an aromatic ring is 1. The molecule has 8 heteroatoms. The summed E-state index contributed by atoms with van der Waals surface area (Å²) in [5, 5.41) is 3.72. The van der Waals surface area contributed by atoms with Crippen LogP contribution >= 0.6 is 0 Å². The van der Waals surface area contributed by atoms with Crippen molar-refractivity contribution in [3.63, 3.8) is 0 Å². The summed E-state index contributed by atoms with van der Waals surface area (Å²) in [7, 11) is -2.53. The van der Waals surface area contributed by atoms with Crippen molar-refractivity contribution in [2.45, 2.75) is 18.4 Å². The van der Waals surface area contributed by atoms with Gasteiger partial charge in [0.1, 0.15) is 16.5 Å². The maximum Gasteiger partial charge on any atom is 0.245 e. The lowest BCUT2D eigenvalue weighted by molar-refractivity contribution is 0.378. The van der Waals surface area contributed by atoms with Gasteiger partial charge in [-0.1, -0.05) is 5.16 Å². The van der Waals surface area contributed by atoms with E-state index in [1.807, 2.05) is 0 Å². The quantitative estimate of drug-likeness (QED) is 0.865. The Balaban J connectivity index is 2.32. The molecule has 2 rings (SSSR count). The van der Waals surface area contributed by atoms with Gasteiger partial charge in [0.25, 0.3) is 0 Å². The summed E-state index contributed by atoms with van der Waals surface area (Å²) in [6.45, 7) is 1.71. The predicted molar refractivity (Wildman–Crippen MR) is 70.7 cm³/mol. The van der Waals surface area contributed by atoms with Gasteiger partial charge in [0.05, 0.1) is 17.9 Å². The fourth-order valence-corrected chi connectivity index (χ4v) is 2.97. The Morgan fingerprint density at radius 3 is 2.70 bits per heavy atom. The Kier molecular flexibility index (Phi) is 3.78. The van der Waals surface area contributed by atoms with E-state index in [1.165, 1.54) is 13.1 Å². The molecule has 0 radical (unpaired) electrons. The Morgan fingerprint density at radius 2 is 2.10 bits per heavy atom. The molecule has 1 heterocycles. The molecule has 108 valence electrons. The highest BCUT2D eigenvalue weighted by atomic mass is 32.2. The maximum absolute atomic E-state index is 13.2. The van der Waals surface area contributed by atoms with Gasteiger partial charge in [0.2, 0.25) is 10.0 Å². The molecule has 0 unspecified atom stereocenters. The summed E-state index contributed by atoms with van der Waals surface area (Å²) in [5.74, 6) is -0.0838. The zero-order valence-corrected chi connectivity index (χ0v) is 11.8. The third kappa shape index (κ3) is 2.81. The third-order valence-corrected chi connectivity index (χ3v) is 4.58. The van der Waals surface area contributed by atoms with E-state index in [9.17, 15) is 12.8 Å². The fourth-order valence-electron chi connectivity index (χ4n) is 1.71. The average Bonchev–Trinajstić information content (AvgIpc) is 2.77. The Hall–Kier alpha value is -1.93. The monoisotopic (exact) mass is 299 g/mol. The molecule has 0 saturated carbocycles. The Morgan fingerprint density at radius 1 is 1.40 bits per heavy atom. The second-order valence-corrected chi connectivity index (χ2v) is 6.39. The first kappa shape index (κ1) is 14.5. The molecule has 2 N–H and O–H groups in total.